The number of hydrogen-bond acceptors (Lipinski definition) is 4. The van der Waals surface area contributed by atoms with Crippen LogP contribution in [-0.4, -0.2) is 4.98 Å². The number of halogens is 1. The predicted molar refractivity (Wildman–Crippen MR) is 70.2 cm³/mol. The highest BCUT2D eigenvalue weighted by Gasteiger charge is 2.08. The lowest BCUT2D eigenvalue weighted by Crippen LogP contribution is -2.07. The fourth-order valence-electron chi connectivity index (χ4n) is 1.58. The van der Waals surface area contributed by atoms with Gasteiger partial charge in [-0.05, 0) is 19.9 Å². The summed E-state index contributed by atoms with van der Waals surface area (Å²) in [6.45, 7) is 4.03. The highest BCUT2D eigenvalue weighted by Crippen LogP contribution is 2.21. The van der Waals surface area contributed by atoms with Gasteiger partial charge >= 0.3 is 0 Å². The lowest BCUT2D eigenvalue weighted by atomic mass is 10.1. The summed E-state index contributed by atoms with van der Waals surface area (Å²) < 4.78 is 19.1. The number of aromatic nitrogens is 1. The second-order valence-corrected chi connectivity index (χ2v) is 5.09. The summed E-state index contributed by atoms with van der Waals surface area (Å²) in [5.74, 6) is 0.155. The van der Waals surface area contributed by atoms with E-state index in [1.807, 2.05) is 12.3 Å². The molecular formula is C13H15FN2OS. The van der Waals surface area contributed by atoms with Crippen LogP contribution in [-0.2, 0) is 6.61 Å². The van der Waals surface area contributed by atoms with Crippen LogP contribution in [0.3, 0.4) is 0 Å². The van der Waals surface area contributed by atoms with E-state index in [0.717, 1.165) is 10.7 Å². The number of aryl methyl sites for hydroxylation is 1. The van der Waals surface area contributed by atoms with Crippen LogP contribution in [0, 0.1) is 12.7 Å². The van der Waals surface area contributed by atoms with Crippen LogP contribution >= 0.6 is 11.3 Å². The third-order valence-electron chi connectivity index (χ3n) is 2.49. The molecule has 96 valence electrons. The van der Waals surface area contributed by atoms with Crippen LogP contribution in [0.25, 0.3) is 0 Å². The van der Waals surface area contributed by atoms with Gasteiger partial charge in [0.1, 0.15) is 23.2 Å². The molecule has 1 atom stereocenters. The van der Waals surface area contributed by atoms with E-state index < -0.39 is 0 Å². The lowest BCUT2D eigenvalue weighted by molar-refractivity contribution is 0.303. The van der Waals surface area contributed by atoms with Crippen LogP contribution in [0.4, 0.5) is 4.39 Å². The third-order valence-corrected chi connectivity index (χ3v) is 3.43. The minimum absolute atomic E-state index is 0.319. The molecular weight excluding hydrogens is 251 g/mol. The smallest absolute Gasteiger partial charge is 0.140 e. The highest BCUT2D eigenvalue weighted by atomic mass is 32.1. The molecule has 3 nitrogen and oxygen atoms in total. The minimum atomic E-state index is -0.335. The highest BCUT2D eigenvalue weighted by molar-refractivity contribution is 7.09. The SMILES string of the molecule is Cc1csc(COc2ccc([C@@H](C)N)c(F)c2)n1. The Morgan fingerprint density at radius 2 is 2.28 bits per heavy atom. The van der Waals surface area contributed by atoms with Crippen molar-refractivity contribution in [3.8, 4) is 5.75 Å². The van der Waals surface area contributed by atoms with Crippen molar-refractivity contribution in [3.05, 3.63) is 45.7 Å². The molecule has 0 spiro atoms. The van der Waals surface area contributed by atoms with Gasteiger partial charge in [0, 0.05) is 28.7 Å². The van der Waals surface area contributed by atoms with Crippen LogP contribution in [0.15, 0.2) is 23.6 Å². The molecule has 1 aromatic carbocycles. The first-order valence-electron chi connectivity index (χ1n) is 5.65. The summed E-state index contributed by atoms with van der Waals surface area (Å²) in [7, 11) is 0. The second-order valence-electron chi connectivity index (χ2n) is 4.14. The summed E-state index contributed by atoms with van der Waals surface area (Å²) >= 11 is 1.53. The molecule has 1 aromatic heterocycles. The number of hydrogen-bond donors (Lipinski definition) is 1. The van der Waals surface area contributed by atoms with Crippen molar-refractivity contribution in [1.82, 2.24) is 4.98 Å². The van der Waals surface area contributed by atoms with Crippen LogP contribution in [0.1, 0.15) is 29.2 Å². The van der Waals surface area contributed by atoms with Crippen molar-refractivity contribution >= 4 is 11.3 Å². The van der Waals surface area contributed by atoms with E-state index in [-0.39, 0.29) is 11.9 Å². The average Bonchev–Trinajstić information content (AvgIpc) is 2.72. The molecule has 0 saturated heterocycles. The van der Waals surface area contributed by atoms with E-state index in [9.17, 15) is 4.39 Å². The van der Waals surface area contributed by atoms with Crippen molar-refractivity contribution in [1.29, 1.82) is 0 Å². The van der Waals surface area contributed by atoms with Gasteiger partial charge in [0.05, 0.1) is 0 Å². The summed E-state index contributed by atoms with van der Waals surface area (Å²) in [6, 6.07) is 4.42. The van der Waals surface area contributed by atoms with Gasteiger partial charge in [0.2, 0.25) is 0 Å². The van der Waals surface area contributed by atoms with Gasteiger partial charge in [-0.3, -0.25) is 0 Å². The second kappa shape index (κ2) is 5.46. The standard InChI is InChI=1S/C13H15FN2OS/c1-8-7-18-13(16-8)6-17-10-3-4-11(9(2)15)12(14)5-10/h3-5,7,9H,6,15H2,1-2H3/t9-/m1/s1. The molecule has 2 N–H and O–H groups in total. The van der Waals surface area contributed by atoms with Gasteiger partial charge in [-0.25, -0.2) is 9.37 Å². The quantitative estimate of drug-likeness (QED) is 0.924. The monoisotopic (exact) mass is 266 g/mol. The van der Waals surface area contributed by atoms with Gasteiger partial charge in [-0.1, -0.05) is 6.07 Å². The molecule has 0 amide bonds. The van der Waals surface area contributed by atoms with E-state index in [1.165, 1.54) is 17.4 Å². The Hall–Kier alpha value is -1.46. The molecule has 0 bridgehead atoms. The summed E-state index contributed by atoms with van der Waals surface area (Å²) in [6.07, 6.45) is 0. The van der Waals surface area contributed by atoms with Crippen molar-refractivity contribution in [2.45, 2.75) is 26.5 Å². The summed E-state index contributed by atoms with van der Waals surface area (Å²) in [5.41, 5.74) is 7.11. The fraction of sp³-hybridized carbons (Fsp3) is 0.308. The van der Waals surface area contributed by atoms with Crippen LogP contribution in [0.2, 0.25) is 0 Å². The molecule has 0 aliphatic carbocycles. The number of rotatable bonds is 4. The fourth-order valence-corrected chi connectivity index (χ4v) is 2.26. The van der Waals surface area contributed by atoms with E-state index >= 15 is 0 Å². The molecule has 2 rings (SSSR count). The van der Waals surface area contributed by atoms with Gasteiger partial charge < -0.3 is 10.5 Å². The summed E-state index contributed by atoms with van der Waals surface area (Å²) in [4.78, 5) is 4.27. The average molecular weight is 266 g/mol. The summed E-state index contributed by atoms with van der Waals surface area (Å²) in [5, 5.41) is 2.84. The van der Waals surface area contributed by atoms with E-state index in [2.05, 4.69) is 4.98 Å². The maximum atomic E-state index is 13.7. The topological polar surface area (TPSA) is 48.1 Å². The predicted octanol–water partition coefficient (Wildman–Crippen LogP) is 3.19. The number of nitrogens with two attached hydrogens (primary N) is 1. The largest absolute Gasteiger partial charge is 0.486 e. The van der Waals surface area contributed by atoms with E-state index in [0.29, 0.717) is 17.9 Å². The Bertz CT molecular complexity index is 540. The van der Waals surface area contributed by atoms with Gasteiger partial charge in [0.25, 0.3) is 0 Å². The lowest BCUT2D eigenvalue weighted by Gasteiger charge is -2.09. The molecule has 0 fully saturated rings. The van der Waals surface area contributed by atoms with Gasteiger partial charge in [-0.15, -0.1) is 11.3 Å². The first-order valence-corrected chi connectivity index (χ1v) is 6.53. The molecule has 18 heavy (non-hydrogen) atoms. The maximum absolute atomic E-state index is 13.7. The van der Waals surface area contributed by atoms with Crippen molar-refractivity contribution < 1.29 is 9.13 Å². The zero-order valence-corrected chi connectivity index (χ0v) is 11.1. The van der Waals surface area contributed by atoms with Crippen molar-refractivity contribution in [2.24, 2.45) is 5.73 Å². The van der Waals surface area contributed by atoms with Gasteiger partial charge in [-0.2, -0.15) is 0 Å². The Morgan fingerprint density at radius 1 is 1.50 bits per heavy atom. The number of ether oxygens (including phenoxy) is 1. The normalized spacial score (nSPS) is 12.4. The molecule has 0 radical (unpaired) electrons. The van der Waals surface area contributed by atoms with Crippen LogP contribution in [0.5, 0.6) is 5.75 Å². The molecule has 0 aliphatic heterocycles. The Labute approximate surface area is 109 Å². The Morgan fingerprint density at radius 3 is 2.83 bits per heavy atom. The maximum Gasteiger partial charge on any atom is 0.140 e. The molecule has 5 heteroatoms. The van der Waals surface area contributed by atoms with Crippen LogP contribution < -0.4 is 10.5 Å². The molecule has 1 heterocycles. The first kappa shape index (κ1) is 13.0. The zero-order valence-electron chi connectivity index (χ0n) is 10.3. The molecule has 0 aliphatic rings. The Balaban J connectivity index is 2.04. The first-order chi connectivity index (χ1) is 8.56. The molecule has 2 aromatic rings. The van der Waals surface area contributed by atoms with E-state index in [1.54, 1.807) is 19.1 Å². The number of thiazole rings is 1. The van der Waals surface area contributed by atoms with Gasteiger partial charge in [0.15, 0.2) is 0 Å². The minimum Gasteiger partial charge on any atom is -0.486 e. The zero-order chi connectivity index (χ0) is 13.1. The van der Waals surface area contributed by atoms with Crippen molar-refractivity contribution in [2.75, 3.05) is 0 Å². The molecule has 0 saturated carbocycles. The number of benzene rings is 1. The number of nitrogens with zero attached hydrogens (tertiary/aromatic N) is 1. The van der Waals surface area contributed by atoms with Crippen molar-refractivity contribution in [3.63, 3.8) is 0 Å². The Kier molecular flexibility index (Phi) is 3.93. The van der Waals surface area contributed by atoms with E-state index in [4.69, 9.17) is 10.5 Å². The molecule has 0 unspecified atom stereocenters. The third kappa shape index (κ3) is 3.05.